The molecular formula is C20H18O2. The van der Waals surface area contributed by atoms with Crippen LogP contribution in [-0.2, 0) is 17.6 Å². The molecule has 1 aliphatic rings. The van der Waals surface area contributed by atoms with Crippen molar-refractivity contribution >= 4 is 11.5 Å². The van der Waals surface area contributed by atoms with E-state index < -0.39 is 5.97 Å². The van der Waals surface area contributed by atoms with Crippen LogP contribution in [0.2, 0.25) is 0 Å². The second kappa shape index (κ2) is 6.44. The number of rotatable bonds is 4. The van der Waals surface area contributed by atoms with Gasteiger partial charge < -0.3 is 5.11 Å². The third kappa shape index (κ3) is 3.17. The summed E-state index contributed by atoms with van der Waals surface area (Å²) in [5.74, 6) is -0.898. The van der Waals surface area contributed by atoms with Gasteiger partial charge in [0.05, 0.1) is 0 Å². The Hall–Kier alpha value is -2.61. The van der Waals surface area contributed by atoms with Crippen molar-refractivity contribution in [1.82, 2.24) is 0 Å². The average molecular weight is 290 g/mol. The second-order valence-corrected chi connectivity index (χ2v) is 5.49. The molecule has 1 N–H and O–H groups in total. The first-order chi connectivity index (χ1) is 10.7. The van der Waals surface area contributed by atoms with E-state index in [1.54, 1.807) is 6.08 Å². The van der Waals surface area contributed by atoms with Crippen LogP contribution in [0.1, 0.15) is 23.1 Å². The standard InChI is InChI=1S/C20H18O2/c21-20(22)13-12-17-11-10-16-8-4-5-9-18(16)19(17)14-15-6-2-1-3-7-15/h1-9,12-13H,10-11,14H2,(H,21,22). The number of carbonyl (C=O) groups is 1. The molecule has 110 valence electrons. The maximum absolute atomic E-state index is 10.8. The van der Waals surface area contributed by atoms with Gasteiger partial charge in [0.25, 0.3) is 0 Å². The molecule has 2 heteroatoms. The Morgan fingerprint density at radius 1 is 1.00 bits per heavy atom. The molecule has 0 amide bonds. The Labute approximate surface area is 130 Å². The third-order valence-electron chi connectivity index (χ3n) is 4.04. The molecule has 0 saturated carbocycles. The van der Waals surface area contributed by atoms with E-state index in [0.717, 1.165) is 24.8 Å². The monoisotopic (exact) mass is 290 g/mol. The lowest BCUT2D eigenvalue weighted by molar-refractivity contribution is -0.131. The SMILES string of the molecule is O=C(O)C=CC1=C(Cc2ccccc2)c2ccccc2CC1. The molecule has 0 radical (unpaired) electrons. The van der Waals surface area contributed by atoms with Crippen LogP contribution < -0.4 is 0 Å². The molecule has 1 aliphatic carbocycles. The average Bonchev–Trinajstić information content (AvgIpc) is 2.55. The zero-order valence-electron chi connectivity index (χ0n) is 12.3. The van der Waals surface area contributed by atoms with E-state index in [0.29, 0.717) is 0 Å². The highest BCUT2D eigenvalue weighted by atomic mass is 16.4. The van der Waals surface area contributed by atoms with E-state index in [2.05, 4.69) is 30.3 Å². The molecule has 22 heavy (non-hydrogen) atoms. The molecule has 0 bridgehead atoms. The molecule has 2 aromatic carbocycles. The Kier molecular flexibility index (Phi) is 4.19. The van der Waals surface area contributed by atoms with Crippen molar-refractivity contribution in [1.29, 1.82) is 0 Å². The number of fused-ring (bicyclic) bond motifs is 1. The molecule has 0 aromatic heterocycles. The summed E-state index contributed by atoms with van der Waals surface area (Å²) in [6.07, 6.45) is 5.69. The number of hydrogen-bond donors (Lipinski definition) is 1. The number of aliphatic carboxylic acids is 1. The smallest absolute Gasteiger partial charge is 0.328 e. The zero-order chi connectivity index (χ0) is 15.4. The third-order valence-corrected chi connectivity index (χ3v) is 4.04. The summed E-state index contributed by atoms with van der Waals surface area (Å²) in [5.41, 5.74) is 6.22. The van der Waals surface area contributed by atoms with Crippen LogP contribution in [0.15, 0.2) is 72.3 Å². The molecule has 0 fully saturated rings. The Balaban J connectivity index is 2.05. The minimum absolute atomic E-state index is 0.831. The molecule has 0 spiro atoms. The molecule has 0 unspecified atom stereocenters. The van der Waals surface area contributed by atoms with Gasteiger partial charge in [-0.2, -0.15) is 0 Å². The van der Waals surface area contributed by atoms with Crippen molar-refractivity contribution in [2.75, 3.05) is 0 Å². The first-order valence-corrected chi connectivity index (χ1v) is 7.49. The minimum atomic E-state index is -0.898. The maximum atomic E-state index is 10.8. The van der Waals surface area contributed by atoms with E-state index in [1.807, 2.05) is 24.3 Å². The first kappa shape index (κ1) is 14.3. The summed E-state index contributed by atoms with van der Waals surface area (Å²) in [4.78, 5) is 10.8. The van der Waals surface area contributed by atoms with Crippen molar-refractivity contribution in [2.45, 2.75) is 19.3 Å². The normalized spacial score (nSPS) is 14.2. The number of aryl methyl sites for hydroxylation is 1. The largest absolute Gasteiger partial charge is 0.478 e. The zero-order valence-corrected chi connectivity index (χ0v) is 12.3. The molecular weight excluding hydrogens is 272 g/mol. The van der Waals surface area contributed by atoms with Crippen LogP contribution in [-0.4, -0.2) is 11.1 Å². The lowest BCUT2D eigenvalue weighted by Crippen LogP contribution is -2.06. The Morgan fingerprint density at radius 3 is 2.50 bits per heavy atom. The summed E-state index contributed by atoms with van der Waals surface area (Å²) in [5, 5.41) is 8.91. The van der Waals surface area contributed by atoms with Crippen LogP contribution >= 0.6 is 0 Å². The van der Waals surface area contributed by atoms with Gasteiger partial charge >= 0.3 is 5.97 Å². The summed E-state index contributed by atoms with van der Waals surface area (Å²) in [6, 6.07) is 18.7. The molecule has 0 saturated heterocycles. The molecule has 2 nitrogen and oxygen atoms in total. The van der Waals surface area contributed by atoms with Crippen LogP contribution in [0.5, 0.6) is 0 Å². The predicted octanol–water partition coefficient (Wildman–Crippen LogP) is 4.27. The highest BCUT2D eigenvalue weighted by Crippen LogP contribution is 2.34. The Bertz CT molecular complexity index is 739. The first-order valence-electron chi connectivity index (χ1n) is 7.49. The van der Waals surface area contributed by atoms with Gasteiger partial charge in [0, 0.05) is 6.08 Å². The lowest BCUT2D eigenvalue weighted by Gasteiger charge is -2.22. The minimum Gasteiger partial charge on any atom is -0.478 e. The lowest BCUT2D eigenvalue weighted by atomic mass is 9.82. The van der Waals surface area contributed by atoms with E-state index in [1.165, 1.54) is 28.3 Å². The van der Waals surface area contributed by atoms with Crippen LogP contribution in [0, 0.1) is 0 Å². The van der Waals surface area contributed by atoms with Crippen molar-refractivity contribution in [3.8, 4) is 0 Å². The number of hydrogen-bond acceptors (Lipinski definition) is 1. The molecule has 0 aliphatic heterocycles. The summed E-state index contributed by atoms with van der Waals surface area (Å²) >= 11 is 0. The highest BCUT2D eigenvalue weighted by molar-refractivity contribution is 5.83. The van der Waals surface area contributed by atoms with Crippen LogP contribution in [0.25, 0.3) is 5.57 Å². The fourth-order valence-corrected chi connectivity index (χ4v) is 2.99. The van der Waals surface area contributed by atoms with E-state index >= 15 is 0 Å². The fraction of sp³-hybridized carbons (Fsp3) is 0.150. The van der Waals surface area contributed by atoms with Gasteiger partial charge in [-0.05, 0) is 47.1 Å². The topological polar surface area (TPSA) is 37.3 Å². The van der Waals surface area contributed by atoms with Crippen molar-refractivity contribution < 1.29 is 9.90 Å². The number of carboxylic acids is 1. The van der Waals surface area contributed by atoms with Gasteiger partial charge in [-0.15, -0.1) is 0 Å². The van der Waals surface area contributed by atoms with Crippen molar-refractivity contribution in [3.63, 3.8) is 0 Å². The Morgan fingerprint density at radius 2 is 1.73 bits per heavy atom. The number of carboxylic acid groups (broad SMARTS) is 1. The van der Waals surface area contributed by atoms with Gasteiger partial charge in [-0.3, -0.25) is 0 Å². The maximum Gasteiger partial charge on any atom is 0.328 e. The van der Waals surface area contributed by atoms with Crippen LogP contribution in [0.4, 0.5) is 0 Å². The van der Waals surface area contributed by atoms with Gasteiger partial charge in [-0.25, -0.2) is 4.79 Å². The van der Waals surface area contributed by atoms with Gasteiger partial charge in [-0.1, -0.05) is 60.7 Å². The van der Waals surface area contributed by atoms with Gasteiger partial charge in [0.2, 0.25) is 0 Å². The van der Waals surface area contributed by atoms with Crippen molar-refractivity contribution in [2.24, 2.45) is 0 Å². The summed E-state index contributed by atoms with van der Waals surface area (Å²) in [7, 11) is 0. The quantitative estimate of drug-likeness (QED) is 0.854. The fourth-order valence-electron chi connectivity index (χ4n) is 2.99. The highest BCUT2D eigenvalue weighted by Gasteiger charge is 2.17. The van der Waals surface area contributed by atoms with Crippen LogP contribution in [0.3, 0.4) is 0 Å². The predicted molar refractivity (Wildman–Crippen MR) is 88.6 cm³/mol. The summed E-state index contributed by atoms with van der Waals surface area (Å²) in [6.45, 7) is 0. The van der Waals surface area contributed by atoms with Gasteiger partial charge in [0.15, 0.2) is 0 Å². The summed E-state index contributed by atoms with van der Waals surface area (Å²) < 4.78 is 0. The molecule has 2 aromatic rings. The second-order valence-electron chi connectivity index (χ2n) is 5.49. The number of benzene rings is 2. The van der Waals surface area contributed by atoms with E-state index in [-0.39, 0.29) is 0 Å². The number of allylic oxidation sites excluding steroid dienone is 3. The van der Waals surface area contributed by atoms with Gasteiger partial charge in [0.1, 0.15) is 0 Å². The van der Waals surface area contributed by atoms with E-state index in [4.69, 9.17) is 5.11 Å². The molecule has 0 atom stereocenters. The van der Waals surface area contributed by atoms with Crippen molar-refractivity contribution in [3.05, 3.63) is 89.0 Å². The molecule has 3 rings (SSSR count). The van der Waals surface area contributed by atoms with E-state index in [9.17, 15) is 4.79 Å². The molecule has 0 heterocycles.